The van der Waals surface area contributed by atoms with Crippen molar-refractivity contribution in [1.29, 1.82) is 0 Å². The van der Waals surface area contributed by atoms with E-state index < -0.39 is 5.97 Å². The van der Waals surface area contributed by atoms with E-state index in [4.69, 9.17) is 10.5 Å². The monoisotopic (exact) mass is 313 g/mol. The van der Waals surface area contributed by atoms with E-state index >= 15 is 0 Å². The number of hydrogen-bond acceptors (Lipinski definition) is 5. The SMILES string of the molecule is CCOC(=O)c1c(-c2cccs2)nn(-c2ccccc2)c1N. The number of aromatic nitrogens is 2. The molecule has 0 saturated carbocycles. The van der Waals surface area contributed by atoms with Gasteiger partial charge in [0.1, 0.15) is 17.1 Å². The van der Waals surface area contributed by atoms with Crippen molar-refractivity contribution in [3.63, 3.8) is 0 Å². The zero-order valence-electron chi connectivity index (χ0n) is 12.0. The van der Waals surface area contributed by atoms with Crippen LogP contribution in [0.2, 0.25) is 0 Å². The molecular weight excluding hydrogens is 298 g/mol. The molecule has 2 heterocycles. The number of carbonyl (C=O) groups excluding carboxylic acids is 1. The number of nitrogens with two attached hydrogens (primary N) is 1. The highest BCUT2D eigenvalue weighted by atomic mass is 32.1. The Morgan fingerprint density at radius 1 is 1.27 bits per heavy atom. The molecule has 0 amide bonds. The average molecular weight is 313 g/mol. The molecule has 0 bridgehead atoms. The Balaban J connectivity index is 2.19. The fourth-order valence-corrected chi connectivity index (χ4v) is 2.90. The molecule has 22 heavy (non-hydrogen) atoms. The number of benzene rings is 1. The molecule has 112 valence electrons. The van der Waals surface area contributed by atoms with Crippen molar-refractivity contribution < 1.29 is 9.53 Å². The number of hydrogen-bond donors (Lipinski definition) is 1. The van der Waals surface area contributed by atoms with Crippen LogP contribution in [-0.2, 0) is 4.74 Å². The molecule has 0 unspecified atom stereocenters. The van der Waals surface area contributed by atoms with Crippen molar-refractivity contribution in [2.45, 2.75) is 6.92 Å². The highest BCUT2D eigenvalue weighted by molar-refractivity contribution is 7.13. The van der Waals surface area contributed by atoms with Crippen LogP contribution in [0.1, 0.15) is 17.3 Å². The fourth-order valence-electron chi connectivity index (χ4n) is 2.19. The number of anilines is 1. The van der Waals surface area contributed by atoms with Crippen LogP contribution in [0.25, 0.3) is 16.3 Å². The summed E-state index contributed by atoms with van der Waals surface area (Å²) in [5.41, 5.74) is 7.84. The first-order chi connectivity index (χ1) is 10.7. The topological polar surface area (TPSA) is 70.1 Å². The van der Waals surface area contributed by atoms with Crippen LogP contribution in [-0.4, -0.2) is 22.4 Å². The molecule has 3 rings (SSSR count). The molecule has 0 spiro atoms. The Kier molecular flexibility index (Phi) is 3.93. The molecule has 0 aliphatic heterocycles. The number of thiophene rings is 1. The molecule has 2 aromatic heterocycles. The predicted octanol–water partition coefficient (Wildman–Crippen LogP) is 3.36. The van der Waals surface area contributed by atoms with Gasteiger partial charge in [0.25, 0.3) is 0 Å². The molecule has 0 aliphatic rings. The Hall–Kier alpha value is -2.60. The second kappa shape index (κ2) is 6.03. The highest BCUT2D eigenvalue weighted by Crippen LogP contribution is 2.32. The molecule has 0 radical (unpaired) electrons. The first-order valence-electron chi connectivity index (χ1n) is 6.87. The number of rotatable bonds is 4. The van der Waals surface area contributed by atoms with Gasteiger partial charge in [-0.1, -0.05) is 24.3 Å². The first kappa shape index (κ1) is 14.3. The molecule has 0 saturated heterocycles. The third-order valence-electron chi connectivity index (χ3n) is 3.16. The molecule has 0 fully saturated rings. The zero-order chi connectivity index (χ0) is 15.5. The fraction of sp³-hybridized carbons (Fsp3) is 0.125. The van der Waals surface area contributed by atoms with Crippen LogP contribution in [0.4, 0.5) is 5.82 Å². The standard InChI is InChI=1S/C16H15N3O2S/c1-2-21-16(20)13-14(12-9-6-10-22-12)18-19(15(13)17)11-7-4-3-5-8-11/h3-10H,2,17H2,1H3. The third-order valence-corrected chi connectivity index (χ3v) is 4.03. The maximum Gasteiger partial charge on any atom is 0.344 e. The smallest absolute Gasteiger partial charge is 0.344 e. The largest absolute Gasteiger partial charge is 0.462 e. The second-order valence-electron chi connectivity index (χ2n) is 4.55. The predicted molar refractivity (Wildman–Crippen MR) is 87.2 cm³/mol. The lowest BCUT2D eigenvalue weighted by molar-refractivity contribution is 0.0528. The summed E-state index contributed by atoms with van der Waals surface area (Å²) in [6.07, 6.45) is 0. The van der Waals surface area contributed by atoms with E-state index in [0.29, 0.717) is 17.9 Å². The van der Waals surface area contributed by atoms with Crippen LogP contribution >= 0.6 is 11.3 Å². The molecule has 5 nitrogen and oxygen atoms in total. The number of nitrogens with zero attached hydrogens (tertiary/aromatic N) is 2. The van der Waals surface area contributed by atoms with Crippen molar-refractivity contribution in [3.05, 3.63) is 53.4 Å². The molecule has 0 aliphatic carbocycles. The molecule has 6 heteroatoms. The van der Waals surface area contributed by atoms with Gasteiger partial charge in [-0.3, -0.25) is 0 Å². The van der Waals surface area contributed by atoms with Gasteiger partial charge in [0.2, 0.25) is 0 Å². The molecule has 3 aromatic rings. The van der Waals surface area contributed by atoms with Crippen LogP contribution in [0.15, 0.2) is 47.8 Å². The Morgan fingerprint density at radius 2 is 2.05 bits per heavy atom. The van der Waals surface area contributed by atoms with Crippen molar-refractivity contribution >= 4 is 23.1 Å². The summed E-state index contributed by atoms with van der Waals surface area (Å²) in [7, 11) is 0. The van der Waals surface area contributed by atoms with Crippen LogP contribution < -0.4 is 5.73 Å². The first-order valence-corrected chi connectivity index (χ1v) is 7.75. The van der Waals surface area contributed by atoms with E-state index in [1.165, 1.54) is 11.3 Å². The minimum Gasteiger partial charge on any atom is -0.462 e. The molecule has 0 atom stereocenters. The van der Waals surface area contributed by atoms with Gasteiger partial charge in [-0.15, -0.1) is 11.3 Å². The Labute approximate surface area is 132 Å². The van der Waals surface area contributed by atoms with Gasteiger partial charge in [-0.25, -0.2) is 9.48 Å². The lowest BCUT2D eigenvalue weighted by Gasteiger charge is -2.04. The van der Waals surface area contributed by atoms with E-state index in [1.807, 2.05) is 47.8 Å². The quantitative estimate of drug-likeness (QED) is 0.750. The van der Waals surface area contributed by atoms with E-state index in [9.17, 15) is 4.79 Å². The van der Waals surface area contributed by atoms with E-state index in [2.05, 4.69) is 5.10 Å². The normalized spacial score (nSPS) is 10.6. The van der Waals surface area contributed by atoms with Gasteiger partial charge in [-0.2, -0.15) is 5.10 Å². The van der Waals surface area contributed by atoms with E-state index in [1.54, 1.807) is 11.6 Å². The van der Waals surface area contributed by atoms with Crippen molar-refractivity contribution in [3.8, 4) is 16.3 Å². The summed E-state index contributed by atoms with van der Waals surface area (Å²) in [5.74, 6) is -0.168. The molecule has 1 aromatic carbocycles. The Morgan fingerprint density at radius 3 is 2.68 bits per heavy atom. The van der Waals surface area contributed by atoms with Crippen molar-refractivity contribution in [1.82, 2.24) is 9.78 Å². The Bertz CT molecular complexity index is 779. The minimum atomic E-state index is -0.453. The van der Waals surface area contributed by atoms with Crippen molar-refractivity contribution in [2.75, 3.05) is 12.3 Å². The summed E-state index contributed by atoms with van der Waals surface area (Å²) in [4.78, 5) is 13.2. The maximum atomic E-state index is 12.3. The van der Waals surface area contributed by atoms with Gasteiger partial charge in [0, 0.05) is 0 Å². The summed E-state index contributed by atoms with van der Waals surface area (Å²) in [6, 6.07) is 13.3. The van der Waals surface area contributed by atoms with Gasteiger partial charge in [0.05, 0.1) is 17.2 Å². The van der Waals surface area contributed by atoms with E-state index in [0.717, 1.165) is 10.6 Å². The maximum absolute atomic E-state index is 12.3. The average Bonchev–Trinajstić information content (AvgIpc) is 3.16. The molecular formula is C16H15N3O2S. The summed E-state index contributed by atoms with van der Waals surface area (Å²) >= 11 is 1.50. The summed E-state index contributed by atoms with van der Waals surface area (Å²) in [6.45, 7) is 2.05. The number of para-hydroxylation sites is 1. The second-order valence-corrected chi connectivity index (χ2v) is 5.50. The zero-order valence-corrected chi connectivity index (χ0v) is 12.8. The minimum absolute atomic E-state index is 0.285. The summed E-state index contributed by atoms with van der Waals surface area (Å²) in [5, 5.41) is 6.46. The third kappa shape index (κ3) is 2.48. The number of ether oxygens (including phenoxy) is 1. The van der Waals surface area contributed by atoms with Gasteiger partial charge in [-0.05, 0) is 30.5 Å². The summed E-state index contributed by atoms with van der Waals surface area (Å²) < 4.78 is 6.70. The lowest BCUT2D eigenvalue weighted by atomic mass is 10.2. The number of nitrogen functional groups attached to an aromatic ring is 1. The number of esters is 1. The van der Waals surface area contributed by atoms with Gasteiger partial charge < -0.3 is 10.5 Å². The number of carbonyl (C=O) groups is 1. The van der Waals surface area contributed by atoms with Gasteiger partial charge >= 0.3 is 5.97 Å². The lowest BCUT2D eigenvalue weighted by Crippen LogP contribution is -2.09. The van der Waals surface area contributed by atoms with E-state index in [-0.39, 0.29) is 5.82 Å². The van der Waals surface area contributed by atoms with Gasteiger partial charge in [0.15, 0.2) is 0 Å². The highest BCUT2D eigenvalue weighted by Gasteiger charge is 2.25. The van der Waals surface area contributed by atoms with Crippen LogP contribution in [0.5, 0.6) is 0 Å². The van der Waals surface area contributed by atoms with Crippen LogP contribution in [0.3, 0.4) is 0 Å². The van der Waals surface area contributed by atoms with Crippen LogP contribution in [0, 0.1) is 0 Å². The molecule has 2 N–H and O–H groups in total. The van der Waals surface area contributed by atoms with Crippen molar-refractivity contribution in [2.24, 2.45) is 0 Å².